The van der Waals surface area contributed by atoms with Gasteiger partial charge in [0.2, 0.25) is 0 Å². The fraction of sp³-hybridized carbons (Fsp3) is 0.538. The Kier molecular flexibility index (Phi) is 2.68. The van der Waals surface area contributed by atoms with Crippen LogP contribution in [0.5, 0.6) is 0 Å². The summed E-state index contributed by atoms with van der Waals surface area (Å²) in [7, 11) is 0. The SMILES string of the molecule is Nc1c(Cl)cccc1N1C2CCC1CC(O)C2. The predicted molar refractivity (Wildman–Crippen MR) is 70.4 cm³/mol. The van der Waals surface area contributed by atoms with Crippen LogP contribution < -0.4 is 10.6 Å². The molecule has 0 aliphatic carbocycles. The van der Waals surface area contributed by atoms with Gasteiger partial charge in [0.15, 0.2) is 0 Å². The van der Waals surface area contributed by atoms with Crippen LogP contribution in [0.25, 0.3) is 0 Å². The lowest BCUT2D eigenvalue weighted by molar-refractivity contribution is 0.126. The molecular formula is C13H17ClN2O. The Labute approximate surface area is 106 Å². The molecule has 3 nitrogen and oxygen atoms in total. The molecule has 0 radical (unpaired) electrons. The van der Waals surface area contributed by atoms with Crippen LogP contribution >= 0.6 is 11.6 Å². The van der Waals surface area contributed by atoms with Crippen LogP contribution in [-0.2, 0) is 0 Å². The molecule has 2 aliphatic heterocycles. The summed E-state index contributed by atoms with van der Waals surface area (Å²) in [5.74, 6) is 0. The molecule has 0 aromatic heterocycles. The molecule has 2 unspecified atom stereocenters. The summed E-state index contributed by atoms with van der Waals surface area (Å²) in [5.41, 5.74) is 7.77. The van der Waals surface area contributed by atoms with Crippen LogP contribution in [0, 0.1) is 0 Å². The van der Waals surface area contributed by atoms with Gasteiger partial charge in [-0.05, 0) is 37.8 Å². The number of fused-ring (bicyclic) bond motifs is 2. The first-order valence-electron chi connectivity index (χ1n) is 6.17. The van der Waals surface area contributed by atoms with Gasteiger partial charge < -0.3 is 15.7 Å². The highest BCUT2D eigenvalue weighted by Crippen LogP contribution is 2.42. The lowest BCUT2D eigenvalue weighted by Gasteiger charge is -2.39. The second-order valence-electron chi connectivity index (χ2n) is 5.09. The zero-order chi connectivity index (χ0) is 12.0. The number of rotatable bonds is 1. The summed E-state index contributed by atoms with van der Waals surface area (Å²) in [6.07, 6.45) is 3.84. The van der Waals surface area contributed by atoms with E-state index in [4.69, 9.17) is 17.3 Å². The van der Waals surface area contributed by atoms with Gasteiger partial charge in [-0.3, -0.25) is 0 Å². The third-order valence-electron chi connectivity index (χ3n) is 4.02. The molecule has 0 amide bonds. The molecule has 2 fully saturated rings. The molecule has 3 N–H and O–H groups in total. The average Bonchev–Trinajstić information content (AvgIpc) is 2.55. The molecular weight excluding hydrogens is 236 g/mol. The molecule has 2 bridgehead atoms. The Morgan fingerprint density at radius 1 is 1.24 bits per heavy atom. The third-order valence-corrected chi connectivity index (χ3v) is 4.35. The highest BCUT2D eigenvalue weighted by Gasteiger charge is 2.40. The normalized spacial score (nSPS) is 31.9. The molecule has 1 aromatic carbocycles. The number of aliphatic hydroxyl groups is 1. The van der Waals surface area contributed by atoms with Crippen molar-refractivity contribution in [3.8, 4) is 0 Å². The van der Waals surface area contributed by atoms with Gasteiger partial charge >= 0.3 is 0 Å². The van der Waals surface area contributed by atoms with Crippen LogP contribution in [0.4, 0.5) is 11.4 Å². The molecule has 2 atom stereocenters. The molecule has 0 spiro atoms. The minimum Gasteiger partial charge on any atom is -0.396 e. The van der Waals surface area contributed by atoms with E-state index in [0.717, 1.165) is 31.4 Å². The Hall–Kier alpha value is -0.930. The summed E-state index contributed by atoms with van der Waals surface area (Å²) in [4.78, 5) is 2.37. The molecule has 1 aromatic rings. The first kappa shape index (κ1) is 11.2. The monoisotopic (exact) mass is 252 g/mol. The van der Waals surface area contributed by atoms with Gasteiger partial charge in [-0.15, -0.1) is 0 Å². The Balaban J connectivity index is 1.97. The van der Waals surface area contributed by atoms with E-state index in [9.17, 15) is 5.11 Å². The van der Waals surface area contributed by atoms with Gasteiger partial charge in [0, 0.05) is 12.1 Å². The van der Waals surface area contributed by atoms with Crippen molar-refractivity contribution in [1.82, 2.24) is 0 Å². The lowest BCUT2D eigenvalue weighted by atomic mass is 9.99. The summed E-state index contributed by atoms with van der Waals surface area (Å²) in [6.45, 7) is 0. The standard InChI is InChI=1S/C13H17ClN2O/c14-11-2-1-3-12(13(11)15)16-8-4-5-9(16)7-10(17)6-8/h1-3,8-10,17H,4-7,15H2. The van der Waals surface area contributed by atoms with Gasteiger partial charge in [-0.1, -0.05) is 17.7 Å². The number of nitrogens with zero attached hydrogens (tertiary/aromatic N) is 1. The van der Waals surface area contributed by atoms with Crippen molar-refractivity contribution < 1.29 is 5.11 Å². The van der Waals surface area contributed by atoms with E-state index >= 15 is 0 Å². The van der Waals surface area contributed by atoms with Gasteiger partial charge in [0.05, 0.1) is 22.5 Å². The summed E-state index contributed by atoms with van der Waals surface area (Å²) in [6, 6.07) is 6.64. The molecule has 92 valence electrons. The summed E-state index contributed by atoms with van der Waals surface area (Å²) < 4.78 is 0. The number of benzene rings is 1. The second-order valence-corrected chi connectivity index (χ2v) is 5.50. The van der Waals surface area contributed by atoms with Crippen LogP contribution in [0.1, 0.15) is 25.7 Å². The minimum atomic E-state index is -0.149. The number of hydrogen-bond donors (Lipinski definition) is 2. The number of nitrogens with two attached hydrogens (primary N) is 1. The first-order valence-corrected chi connectivity index (χ1v) is 6.55. The van der Waals surface area contributed by atoms with Crippen LogP contribution in [-0.4, -0.2) is 23.3 Å². The maximum atomic E-state index is 9.79. The number of hydrogen-bond acceptors (Lipinski definition) is 3. The lowest BCUT2D eigenvalue weighted by Crippen LogP contribution is -2.45. The molecule has 2 aliphatic rings. The zero-order valence-electron chi connectivity index (χ0n) is 9.64. The third kappa shape index (κ3) is 1.78. The van der Waals surface area contributed by atoms with Gasteiger partial charge in [-0.25, -0.2) is 0 Å². The number of halogens is 1. The van der Waals surface area contributed by atoms with E-state index in [1.807, 2.05) is 18.2 Å². The van der Waals surface area contributed by atoms with E-state index in [2.05, 4.69) is 4.90 Å². The minimum absolute atomic E-state index is 0.149. The first-order chi connectivity index (χ1) is 8.16. The van der Waals surface area contributed by atoms with Gasteiger partial charge in [0.25, 0.3) is 0 Å². The second kappa shape index (κ2) is 4.07. The van der Waals surface area contributed by atoms with E-state index in [1.54, 1.807) is 0 Å². The molecule has 0 saturated carbocycles. The topological polar surface area (TPSA) is 49.5 Å². The smallest absolute Gasteiger partial charge is 0.0741 e. The fourth-order valence-electron chi connectivity index (χ4n) is 3.29. The number of para-hydroxylation sites is 1. The maximum Gasteiger partial charge on any atom is 0.0741 e. The zero-order valence-corrected chi connectivity index (χ0v) is 10.4. The van der Waals surface area contributed by atoms with E-state index in [1.165, 1.54) is 0 Å². The van der Waals surface area contributed by atoms with Crippen LogP contribution in [0.3, 0.4) is 0 Å². The Morgan fingerprint density at radius 2 is 1.88 bits per heavy atom. The number of piperidine rings is 1. The number of aliphatic hydroxyl groups excluding tert-OH is 1. The largest absolute Gasteiger partial charge is 0.396 e. The van der Waals surface area contributed by atoms with Crippen molar-refractivity contribution in [3.05, 3.63) is 23.2 Å². The molecule has 2 saturated heterocycles. The van der Waals surface area contributed by atoms with Gasteiger partial charge in [0.1, 0.15) is 0 Å². The van der Waals surface area contributed by atoms with Crippen molar-refractivity contribution in [3.63, 3.8) is 0 Å². The van der Waals surface area contributed by atoms with Crippen LogP contribution in [0.2, 0.25) is 5.02 Å². The van der Waals surface area contributed by atoms with Crippen molar-refractivity contribution >= 4 is 23.0 Å². The molecule has 4 heteroatoms. The quantitative estimate of drug-likeness (QED) is 0.755. The van der Waals surface area contributed by atoms with E-state index in [-0.39, 0.29) is 6.10 Å². The van der Waals surface area contributed by atoms with Crippen LogP contribution in [0.15, 0.2) is 18.2 Å². The van der Waals surface area contributed by atoms with Crippen molar-refractivity contribution in [2.45, 2.75) is 43.9 Å². The Bertz CT molecular complexity index is 423. The van der Waals surface area contributed by atoms with E-state index in [0.29, 0.717) is 22.8 Å². The fourth-order valence-corrected chi connectivity index (χ4v) is 3.46. The van der Waals surface area contributed by atoms with Crippen molar-refractivity contribution in [1.29, 1.82) is 0 Å². The number of nitrogen functional groups attached to an aromatic ring is 1. The maximum absolute atomic E-state index is 9.79. The molecule has 3 rings (SSSR count). The summed E-state index contributed by atoms with van der Waals surface area (Å²) >= 11 is 6.08. The van der Waals surface area contributed by atoms with E-state index < -0.39 is 0 Å². The summed E-state index contributed by atoms with van der Waals surface area (Å²) in [5, 5.41) is 10.4. The molecule has 17 heavy (non-hydrogen) atoms. The predicted octanol–water partition coefficient (Wildman–Crippen LogP) is 2.41. The molecule has 2 heterocycles. The van der Waals surface area contributed by atoms with Crippen molar-refractivity contribution in [2.75, 3.05) is 10.6 Å². The highest BCUT2D eigenvalue weighted by atomic mass is 35.5. The number of anilines is 2. The van der Waals surface area contributed by atoms with Gasteiger partial charge in [-0.2, -0.15) is 0 Å². The highest BCUT2D eigenvalue weighted by molar-refractivity contribution is 6.33. The Morgan fingerprint density at radius 3 is 2.53 bits per heavy atom. The average molecular weight is 253 g/mol. The van der Waals surface area contributed by atoms with Crippen molar-refractivity contribution in [2.24, 2.45) is 0 Å².